The topological polar surface area (TPSA) is 169 Å². The third-order valence-electron chi connectivity index (χ3n) is 10.7. The van der Waals surface area contributed by atoms with Gasteiger partial charge in [0.05, 0.1) is 25.4 Å². The Hall–Kier alpha value is -1.11. The molecule has 0 radical (unpaired) electrons. The van der Waals surface area contributed by atoms with Gasteiger partial charge in [-0.15, -0.1) is 0 Å². The molecule has 10 nitrogen and oxygen atoms in total. The van der Waals surface area contributed by atoms with Crippen LogP contribution in [0.15, 0.2) is 12.2 Å². The van der Waals surface area contributed by atoms with Crippen LogP contribution in [0.2, 0.25) is 0 Å². The molecule has 1 saturated heterocycles. The fourth-order valence-corrected chi connectivity index (χ4v) is 7.04. The molecule has 0 saturated carbocycles. The van der Waals surface area contributed by atoms with Gasteiger partial charge in [-0.05, 0) is 19.3 Å². The summed E-state index contributed by atoms with van der Waals surface area (Å²) in [6, 6.07) is -0.973. The molecule has 8 atom stereocenters. The molecule has 0 aromatic heterocycles. The average molecular weight is 758 g/mol. The number of nitrogens with one attached hydrogen (secondary N) is 1. The molecule has 1 fully saturated rings. The Morgan fingerprint density at radius 3 is 1.53 bits per heavy atom. The Balaban J connectivity index is 2.41. The quantitative estimate of drug-likeness (QED) is 0.0252. The van der Waals surface area contributed by atoms with E-state index < -0.39 is 61.5 Å². The first-order valence-corrected chi connectivity index (χ1v) is 22.0. The summed E-state index contributed by atoms with van der Waals surface area (Å²) in [6.45, 7) is 3.59. The molecule has 0 aromatic rings. The van der Waals surface area contributed by atoms with Crippen molar-refractivity contribution in [1.82, 2.24) is 5.32 Å². The van der Waals surface area contributed by atoms with Crippen molar-refractivity contribution < 1.29 is 44.9 Å². The summed E-state index contributed by atoms with van der Waals surface area (Å²) < 4.78 is 11.1. The van der Waals surface area contributed by atoms with Gasteiger partial charge in [0.25, 0.3) is 0 Å². The first-order valence-electron chi connectivity index (χ1n) is 22.0. The summed E-state index contributed by atoms with van der Waals surface area (Å²) in [5.41, 5.74) is 0. The van der Waals surface area contributed by atoms with Gasteiger partial charge in [0.2, 0.25) is 5.91 Å². The van der Waals surface area contributed by atoms with Crippen LogP contribution in [0.3, 0.4) is 0 Å². The van der Waals surface area contributed by atoms with Crippen molar-refractivity contribution in [2.24, 2.45) is 0 Å². The molecule has 1 aliphatic heterocycles. The summed E-state index contributed by atoms with van der Waals surface area (Å²) in [5.74, 6) is -0.615. The molecule has 1 rings (SSSR count). The van der Waals surface area contributed by atoms with E-state index in [1.165, 1.54) is 128 Å². The lowest BCUT2D eigenvalue weighted by Crippen LogP contribution is -2.60. The predicted octanol–water partition coefficient (Wildman–Crippen LogP) is 7.53. The van der Waals surface area contributed by atoms with Crippen molar-refractivity contribution in [3.63, 3.8) is 0 Å². The van der Waals surface area contributed by atoms with Crippen LogP contribution >= 0.6 is 0 Å². The molecular weight excluding hydrogens is 674 g/mol. The van der Waals surface area contributed by atoms with Crippen molar-refractivity contribution in [3.8, 4) is 0 Å². The lowest BCUT2D eigenvalue weighted by molar-refractivity contribution is -0.302. The number of hydrogen-bond acceptors (Lipinski definition) is 9. The third kappa shape index (κ3) is 24.9. The standard InChI is InChI=1S/C43H83NO9/c1-3-5-7-9-11-13-15-16-17-18-19-20-22-24-26-28-30-32-37(47)42(51)44-35(34-52-43-41(50)40(49)39(48)38(33-45)53-43)36(46)31-29-27-25-23-21-14-12-10-8-6-4-2/h29,31,35-41,43,45-50H,3-28,30,32-34H2,1-2H3,(H,44,51)/b31-29+. The number of carbonyl (C=O) groups is 1. The molecular formula is C43H83NO9. The third-order valence-corrected chi connectivity index (χ3v) is 10.7. The molecule has 10 heteroatoms. The molecule has 314 valence electrons. The average Bonchev–Trinajstić information content (AvgIpc) is 3.16. The maximum atomic E-state index is 13.0. The lowest BCUT2D eigenvalue weighted by Gasteiger charge is -2.40. The second kappa shape index (κ2) is 34.2. The number of amides is 1. The molecule has 1 amide bonds. The van der Waals surface area contributed by atoms with Crippen LogP contribution in [0.1, 0.15) is 194 Å². The number of hydrogen-bond donors (Lipinski definition) is 7. The van der Waals surface area contributed by atoms with E-state index in [4.69, 9.17) is 9.47 Å². The summed E-state index contributed by atoms with van der Waals surface area (Å²) in [6.07, 6.45) is 27.3. The van der Waals surface area contributed by atoms with Crippen LogP contribution in [0.4, 0.5) is 0 Å². The van der Waals surface area contributed by atoms with Gasteiger partial charge in [-0.2, -0.15) is 0 Å². The fraction of sp³-hybridized carbons (Fsp3) is 0.930. The van der Waals surface area contributed by atoms with Gasteiger partial charge in [-0.3, -0.25) is 4.79 Å². The number of aliphatic hydroxyl groups is 6. The zero-order chi connectivity index (χ0) is 38.9. The van der Waals surface area contributed by atoms with Crippen molar-refractivity contribution in [3.05, 3.63) is 12.2 Å². The van der Waals surface area contributed by atoms with E-state index in [-0.39, 0.29) is 6.61 Å². The Morgan fingerprint density at radius 2 is 1.08 bits per heavy atom. The Labute approximate surface area is 323 Å². The highest BCUT2D eigenvalue weighted by Crippen LogP contribution is 2.23. The van der Waals surface area contributed by atoms with Crippen LogP contribution in [0, 0.1) is 0 Å². The van der Waals surface area contributed by atoms with E-state index in [9.17, 15) is 35.4 Å². The summed E-state index contributed by atoms with van der Waals surface area (Å²) >= 11 is 0. The van der Waals surface area contributed by atoms with Crippen molar-refractivity contribution in [2.75, 3.05) is 13.2 Å². The Bertz CT molecular complexity index is 860. The van der Waals surface area contributed by atoms with Gasteiger partial charge in [0.15, 0.2) is 6.29 Å². The summed E-state index contributed by atoms with van der Waals surface area (Å²) in [7, 11) is 0. The van der Waals surface area contributed by atoms with Crippen molar-refractivity contribution >= 4 is 5.91 Å². The number of aliphatic hydroxyl groups excluding tert-OH is 6. The smallest absolute Gasteiger partial charge is 0.249 e. The highest BCUT2D eigenvalue weighted by atomic mass is 16.7. The van der Waals surface area contributed by atoms with E-state index in [0.717, 1.165) is 44.9 Å². The van der Waals surface area contributed by atoms with Gasteiger partial charge < -0.3 is 45.4 Å². The maximum Gasteiger partial charge on any atom is 0.249 e. The van der Waals surface area contributed by atoms with E-state index in [1.807, 2.05) is 6.08 Å². The van der Waals surface area contributed by atoms with Crippen LogP contribution in [-0.4, -0.2) is 98.7 Å². The van der Waals surface area contributed by atoms with E-state index in [1.54, 1.807) is 6.08 Å². The van der Waals surface area contributed by atoms with Crippen LogP contribution in [0.5, 0.6) is 0 Å². The number of carbonyl (C=O) groups excluding carboxylic acids is 1. The highest BCUT2D eigenvalue weighted by Gasteiger charge is 2.44. The van der Waals surface area contributed by atoms with Gasteiger partial charge in [-0.25, -0.2) is 0 Å². The maximum absolute atomic E-state index is 13.0. The van der Waals surface area contributed by atoms with Gasteiger partial charge in [0, 0.05) is 0 Å². The normalized spacial score (nSPS) is 22.3. The summed E-state index contributed by atoms with van der Waals surface area (Å²) in [5, 5.41) is 64.5. The molecule has 8 unspecified atom stereocenters. The minimum atomic E-state index is -1.61. The SMILES string of the molecule is CCCCCCCCCCC/C=C/C(O)C(COC1OC(CO)C(O)C(O)C1O)NC(=O)C(O)CCCCCCCCCCCCCCCCCCC. The lowest BCUT2D eigenvalue weighted by atomic mass is 9.99. The Morgan fingerprint density at radius 1 is 0.642 bits per heavy atom. The van der Waals surface area contributed by atoms with E-state index in [0.29, 0.717) is 6.42 Å². The minimum absolute atomic E-state index is 0.302. The van der Waals surface area contributed by atoms with Gasteiger partial charge in [0.1, 0.15) is 30.5 Å². The van der Waals surface area contributed by atoms with Crippen LogP contribution in [-0.2, 0) is 14.3 Å². The highest BCUT2D eigenvalue weighted by molar-refractivity contribution is 5.80. The van der Waals surface area contributed by atoms with Crippen LogP contribution in [0.25, 0.3) is 0 Å². The molecule has 1 aliphatic rings. The minimum Gasteiger partial charge on any atom is -0.394 e. The van der Waals surface area contributed by atoms with Crippen molar-refractivity contribution in [1.29, 1.82) is 0 Å². The molecule has 7 N–H and O–H groups in total. The van der Waals surface area contributed by atoms with Gasteiger partial charge >= 0.3 is 0 Å². The molecule has 0 spiro atoms. The van der Waals surface area contributed by atoms with E-state index in [2.05, 4.69) is 19.2 Å². The molecule has 0 bridgehead atoms. The Kier molecular flexibility index (Phi) is 32.2. The molecule has 1 heterocycles. The summed E-state index contributed by atoms with van der Waals surface area (Å²) in [4.78, 5) is 13.0. The molecule has 0 aliphatic carbocycles. The zero-order valence-corrected chi connectivity index (χ0v) is 33.9. The van der Waals surface area contributed by atoms with Crippen molar-refractivity contribution in [2.45, 2.75) is 243 Å². The number of ether oxygens (including phenoxy) is 2. The first kappa shape index (κ1) is 49.9. The zero-order valence-electron chi connectivity index (χ0n) is 33.9. The fourth-order valence-electron chi connectivity index (χ4n) is 7.04. The molecule has 53 heavy (non-hydrogen) atoms. The van der Waals surface area contributed by atoms with Gasteiger partial charge in [-0.1, -0.05) is 187 Å². The molecule has 0 aromatic carbocycles. The number of unbranched alkanes of at least 4 members (excludes halogenated alkanes) is 25. The van der Waals surface area contributed by atoms with Crippen LogP contribution < -0.4 is 5.32 Å². The monoisotopic (exact) mass is 758 g/mol. The van der Waals surface area contributed by atoms with E-state index >= 15 is 0 Å². The number of rotatable bonds is 36. The predicted molar refractivity (Wildman–Crippen MR) is 213 cm³/mol. The first-order chi connectivity index (χ1) is 25.8. The second-order valence-electron chi connectivity index (χ2n) is 15.6. The second-order valence-corrected chi connectivity index (χ2v) is 15.6. The largest absolute Gasteiger partial charge is 0.394 e. The number of allylic oxidation sites excluding steroid dienone is 1.